The van der Waals surface area contributed by atoms with E-state index in [1.54, 1.807) is 41.5 Å². The van der Waals surface area contributed by atoms with E-state index in [1.165, 1.54) is 24.0 Å². The third kappa shape index (κ3) is 10.9. The van der Waals surface area contributed by atoms with Crippen LogP contribution in [0.25, 0.3) is 0 Å². The van der Waals surface area contributed by atoms with E-state index in [9.17, 15) is 28.0 Å². The Kier molecular flexibility index (Phi) is 11.4. The monoisotopic (exact) mass is 522 g/mol. The van der Waals surface area contributed by atoms with Crippen molar-refractivity contribution in [2.75, 3.05) is 40.4 Å². The number of halogens is 2. The van der Waals surface area contributed by atoms with Gasteiger partial charge in [-0.2, -0.15) is 0 Å². The average Bonchev–Trinajstić information content (AvgIpc) is 2.75. The molecule has 0 aromatic heterocycles. The van der Waals surface area contributed by atoms with Crippen molar-refractivity contribution >= 4 is 24.1 Å². The van der Waals surface area contributed by atoms with Crippen LogP contribution >= 0.6 is 0 Å². The Labute approximate surface area is 211 Å². The maximum Gasteiger partial charge on any atom is 0.410 e. The summed E-state index contributed by atoms with van der Waals surface area (Å²) < 4.78 is 46.5. The summed E-state index contributed by atoms with van der Waals surface area (Å²) in [5.74, 6) is -2.23. The van der Waals surface area contributed by atoms with Gasteiger partial charge in [0, 0.05) is 13.1 Å². The minimum atomic E-state index is -1.23. The number of rotatable bonds is 2. The number of esters is 2. The van der Waals surface area contributed by atoms with Crippen LogP contribution in [0.4, 0.5) is 18.4 Å². The molecule has 2 aliphatic heterocycles. The zero-order chi connectivity index (χ0) is 27.8. The molecule has 0 aromatic carbocycles. The highest BCUT2D eigenvalue weighted by molar-refractivity contribution is 5.75. The third-order valence-electron chi connectivity index (χ3n) is 5.17. The number of likely N-dealkylation sites (tertiary alicyclic amines) is 2. The van der Waals surface area contributed by atoms with Crippen LogP contribution in [0.5, 0.6) is 0 Å². The summed E-state index contributed by atoms with van der Waals surface area (Å²) in [6, 6.07) is 0. The molecular formula is C24H40F2N2O8. The fourth-order valence-corrected chi connectivity index (χ4v) is 3.70. The zero-order valence-corrected chi connectivity index (χ0v) is 22.5. The molecule has 2 saturated heterocycles. The molecule has 208 valence electrons. The molecule has 0 spiro atoms. The van der Waals surface area contributed by atoms with Crippen molar-refractivity contribution in [1.82, 2.24) is 9.80 Å². The average molecular weight is 523 g/mol. The van der Waals surface area contributed by atoms with E-state index < -0.39 is 59.5 Å². The lowest BCUT2D eigenvalue weighted by Crippen LogP contribution is -2.48. The molecule has 36 heavy (non-hydrogen) atoms. The highest BCUT2D eigenvalue weighted by Gasteiger charge is 2.37. The number of nitrogens with zero attached hydrogens (tertiary/aromatic N) is 2. The standard InChI is InChI=1S/2C12H20FNO4/c2*1-12(2,3)18-11(16)14-6-8(10(15)17-4)5-9(13)7-14/h2*8-9H,5-7H2,1-4H3/t2*8-,9-/m10/s1. The summed E-state index contributed by atoms with van der Waals surface area (Å²) in [6.45, 7) is 10.6. The largest absolute Gasteiger partial charge is 0.469 e. The predicted octanol–water partition coefficient (Wildman–Crippen LogP) is 3.51. The molecule has 4 atom stereocenters. The lowest BCUT2D eigenvalue weighted by Gasteiger charge is -2.34. The Morgan fingerprint density at radius 3 is 1.19 bits per heavy atom. The van der Waals surface area contributed by atoms with E-state index in [1.807, 2.05) is 0 Å². The van der Waals surface area contributed by atoms with Crippen LogP contribution in [0.1, 0.15) is 54.4 Å². The number of piperidine rings is 2. The van der Waals surface area contributed by atoms with Gasteiger partial charge in [0.25, 0.3) is 0 Å². The number of ether oxygens (including phenoxy) is 4. The topological polar surface area (TPSA) is 112 Å². The second kappa shape index (κ2) is 13.0. The molecule has 0 bridgehead atoms. The first-order valence-electron chi connectivity index (χ1n) is 11.8. The lowest BCUT2D eigenvalue weighted by atomic mass is 9.97. The number of hydrogen-bond acceptors (Lipinski definition) is 8. The SMILES string of the molecule is COC(=O)[C@@H]1C[C@@H](F)CN(C(=O)OC(C)(C)C)C1.COC(=O)[C@H]1C[C@H](F)CN(C(=O)OC(C)(C)C)C1. The van der Waals surface area contributed by atoms with Crippen LogP contribution in [0.3, 0.4) is 0 Å². The summed E-state index contributed by atoms with van der Waals surface area (Å²) in [7, 11) is 2.50. The van der Waals surface area contributed by atoms with Gasteiger partial charge in [-0.15, -0.1) is 0 Å². The minimum Gasteiger partial charge on any atom is -0.469 e. The molecule has 0 saturated carbocycles. The quantitative estimate of drug-likeness (QED) is 0.400. The lowest BCUT2D eigenvalue weighted by molar-refractivity contribution is -0.149. The minimum absolute atomic E-state index is 0.0393. The zero-order valence-electron chi connectivity index (χ0n) is 22.5. The maximum absolute atomic E-state index is 13.5. The van der Waals surface area contributed by atoms with Crippen molar-refractivity contribution in [3.05, 3.63) is 0 Å². The van der Waals surface area contributed by atoms with Crippen molar-refractivity contribution in [2.45, 2.75) is 77.9 Å². The van der Waals surface area contributed by atoms with E-state index in [2.05, 4.69) is 9.47 Å². The fourth-order valence-electron chi connectivity index (χ4n) is 3.70. The molecule has 0 unspecified atom stereocenters. The highest BCUT2D eigenvalue weighted by atomic mass is 19.1. The molecule has 2 heterocycles. The molecule has 10 nitrogen and oxygen atoms in total. The summed E-state index contributed by atoms with van der Waals surface area (Å²) in [6.07, 6.45) is -3.47. The molecule has 2 amide bonds. The smallest absolute Gasteiger partial charge is 0.410 e. The Balaban J connectivity index is 0.000000360. The van der Waals surface area contributed by atoms with Gasteiger partial charge in [0.15, 0.2) is 0 Å². The van der Waals surface area contributed by atoms with Gasteiger partial charge in [-0.3, -0.25) is 9.59 Å². The van der Waals surface area contributed by atoms with E-state index >= 15 is 0 Å². The number of alkyl halides is 2. The number of methoxy groups -OCH3 is 2. The van der Waals surface area contributed by atoms with Crippen LogP contribution in [0.2, 0.25) is 0 Å². The van der Waals surface area contributed by atoms with E-state index in [0.717, 1.165) is 0 Å². The van der Waals surface area contributed by atoms with Gasteiger partial charge in [-0.05, 0) is 54.4 Å². The maximum atomic E-state index is 13.5. The number of carbonyl (C=O) groups excluding carboxylic acids is 4. The van der Waals surface area contributed by atoms with E-state index in [-0.39, 0.29) is 39.0 Å². The highest BCUT2D eigenvalue weighted by Crippen LogP contribution is 2.23. The molecule has 0 aromatic rings. The number of carbonyl (C=O) groups is 4. The Morgan fingerprint density at radius 1 is 0.639 bits per heavy atom. The molecule has 2 fully saturated rings. The van der Waals surface area contributed by atoms with Crippen molar-refractivity contribution in [3.8, 4) is 0 Å². The second-order valence-corrected chi connectivity index (χ2v) is 10.9. The molecule has 0 aliphatic carbocycles. The Hall–Kier alpha value is -2.66. The van der Waals surface area contributed by atoms with Crippen LogP contribution in [0, 0.1) is 11.8 Å². The number of hydrogen-bond donors (Lipinski definition) is 0. The van der Waals surface area contributed by atoms with Gasteiger partial charge in [0.05, 0.1) is 39.1 Å². The molecule has 12 heteroatoms. The summed E-state index contributed by atoms with van der Waals surface area (Å²) in [5.41, 5.74) is -1.28. The molecule has 2 rings (SSSR count). The van der Waals surface area contributed by atoms with Crippen molar-refractivity contribution in [3.63, 3.8) is 0 Å². The Bertz CT molecular complexity index is 717. The first-order chi connectivity index (χ1) is 16.5. The van der Waals surface area contributed by atoms with Gasteiger partial charge in [0.1, 0.15) is 23.5 Å². The summed E-state index contributed by atoms with van der Waals surface area (Å²) >= 11 is 0. The van der Waals surface area contributed by atoms with Crippen molar-refractivity contribution in [1.29, 1.82) is 0 Å². The molecule has 0 N–H and O–H groups in total. The third-order valence-corrected chi connectivity index (χ3v) is 5.17. The predicted molar refractivity (Wildman–Crippen MR) is 126 cm³/mol. The van der Waals surface area contributed by atoms with Gasteiger partial charge < -0.3 is 28.7 Å². The van der Waals surface area contributed by atoms with Crippen LogP contribution in [0.15, 0.2) is 0 Å². The summed E-state index contributed by atoms with van der Waals surface area (Å²) in [5, 5.41) is 0. The Morgan fingerprint density at radius 2 is 0.944 bits per heavy atom. The van der Waals surface area contributed by atoms with E-state index in [4.69, 9.17) is 9.47 Å². The van der Waals surface area contributed by atoms with Crippen LogP contribution < -0.4 is 0 Å². The first kappa shape index (κ1) is 31.4. The van der Waals surface area contributed by atoms with E-state index in [0.29, 0.717) is 0 Å². The van der Waals surface area contributed by atoms with Gasteiger partial charge >= 0.3 is 24.1 Å². The summed E-state index contributed by atoms with van der Waals surface area (Å²) in [4.78, 5) is 48.8. The number of amides is 2. The normalized spacial score (nSPS) is 24.6. The van der Waals surface area contributed by atoms with Gasteiger partial charge in [0.2, 0.25) is 0 Å². The first-order valence-corrected chi connectivity index (χ1v) is 11.8. The van der Waals surface area contributed by atoms with Gasteiger partial charge in [-0.1, -0.05) is 0 Å². The molecular weight excluding hydrogens is 482 g/mol. The van der Waals surface area contributed by atoms with Crippen LogP contribution in [-0.4, -0.2) is 97.9 Å². The fraction of sp³-hybridized carbons (Fsp3) is 0.833. The molecule has 0 radical (unpaired) electrons. The van der Waals surface area contributed by atoms with Crippen molar-refractivity contribution < 1.29 is 46.9 Å². The second-order valence-electron chi connectivity index (χ2n) is 10.9. The van der Waals surface area contributed by atoms with Gasteiger partial charge in [-0.25, -0.2) is 18.4 Å². The van der Waals surface area contributed by atoms with Crippen LogP contribution in [-0.2, 0) is 28.5 Å². The molecule has 2 aliphatic rings. The van der Waals surface area contributed by atoms with Crippen molar-refractivity contribution in [2.24, 2.45) is 11.8 Å².